The molecular weight excluding hydrogens is 585 g/mol. The van der Waals surface area contributed by atoms with Gasteiger partial charge in [0.05, 0.1) is 5.69 Å². The molecular formula is C45H34N2O. The van der Waals surface area contributed by atoms with Gasteiger partial charge in [-0.05, 0) is 107 Å². The van der Waals surface area contributed by atoms with Gasteiger partial charge in [0.25, 0.3) is 0 Å². The van der Waals surface area contributed by atoms with E-state index in [1.54, 1.807) is 0 Å². The van der Waals surface area contributed by atoms with Crippen LogP contribution in [0.4, 0.5) is 22.7 Å². The minimum Gasteiger partial charge on any atom is -0.456 e. The second-order valence-electron chi connectivity index (χ2n) is 13.8. The number of allylic oxidation sites excluding steroid dienone is 4. The van der Waals surface area contributed by atoms with Gasteiger partial charge in [-0.2, -0.15) is 0 Å². The number of benzene rings is 6. The minimum absolute atomic E-state index is 0.168. The maximum Gasteiger partial charge on any atom is 0.135 e. The molecule has 1 aliphatic heterocycles. The van der Waals surface area contributed by atoms with Crippen LogP contribution >= 0.6 is 0 Å². The first-order valence-corrected chi connectivity index (χ1v) is 16.9. The quantitative estimate of drug-likeness (QED) is 0.196. The van der Waals surface area contributed by atoms with Crippen molar-refractivity contribution in [3.05, 3.63) is 180 Å². The summed E-state index contributed by atoms with van der Waals surface area (Å²) in [5.74, 6) is 0.214. The Balaban J connectivity index is 1.17. The van der Waals surface area contributed by atoms with Gasteiger partial charge >= 0.3 is 0 Å². The molecule has 0 radical (unpaired) electrons. The molecule has 0 spiro atoms. The minimum atomic E-state index is -0.168. The van der Waals surface area contributed by atoms with Gasteiger partial charge in [0.1, 0.15) is 11.2 Å². The van der Waals surface area contributed by atoms with Crippen LogP contribution in [0.2, 0.25) is 0 Å². The molecule has 0 saturated heterocycles. The fraction of sp³-hybridized carbons (Fsp3) is 0.111. The van der Waals surface area contributed by atoms with Gasteiger partial charge in [-0.1, -0.05) is 86.6 Å². The van der Waals surface area contributed by atoms with Crippen molar-refractivity contribution in [3.63, 3.8) is 0 Å². The zero-order chi connectivity index (χ0) is 32.0. The Hall–Kier alpha value is -5.80. The standard InChI is InChI=1S/C45H34N2O/c1-45(2)39-27-42-37(25-34(39)35-26-38-33-20-12-13-21-43(33)48-44(38)28-40(35)45)36-24-32(22-23-41(36)47(42)31-18-10-5-11-19-31)46(29-14-6-3-7-15-29)30-16-8-4-9-17-30/h3-23,25-28,36H,24H2,1-2H3. The summed E-state index contributed by atoms with van der Waals surface area (Å²) in [4.78, 5) is 4.92. The summed E-state index contributed by atoms with van der Waals surface area (Å²) in [6, 6.07) is 50.5. The lowest BCUT2D eigenvalue weighted by atomic mass is 9.81. The van der Waals surface area contributed by atoms with E-state index in [1.165, 1.54) is 72.7 Å². The lowest BCUT2D eigenvalue weighted by Crippen LogP contribution is -2.22. The molecule has 0 N–H and O–H groups in total. The topological polar surface area (TPSA) is 19.6 Å². The molecule has 3 aliphatic rings. The molecule has 1 unspecified atom stereocenters. The van der Waals surface area contributed by atoms with Crippen molar-refractivity contribution < 1.29 is 4.42 Å². The third-order valence-corrected chi connectivity index (χ3v) is 10.7. The van der Waals surface area contributed by atoms with Crippen molar-refractivity contribution in [2.24, 2.45) is 0 Å². The fourth-order valence-electron chi connectivity index (χ4n) is 8.46. The number of nitrogens with zero attached hydrogens (tertiary/aromatic N) is 2. The Labute approximate surface area is 280 Å². The number of fused-ring (bicyclic) bond motifs is 9. The van der Waals surface area contributed by atoms with Crippen LogP contribution in [0.3, 0.4) is 0 Å². The van der Waals surface area contributed by atoms with E-state index in [1.807, 2.05) is 6.07 Å². The maximum absolute atomic E-state index is 6.38. The van der Waals surface area contributed by atoms with E-state index in [2.05, 4.69) is 169 Å². The molecule has 3 nitrogen and oxygen atoms in total. The van der Waals surface area contributed by atoms with E-state index in [0.717, 1.165) is 17.6 Å². The highest BCUT2D eigenvalue weighted by atomic mass is 16.3. The highest BCUT2D eigenvalue weighted by molar-refractivity contribution is 6.08. The molecule has 1 aromatic heterocycles. The van der Waals surface area contributed by atoms with Gasteiger partial charge < -0.3 is 14.2 Å². The van der Waals surface area contributed by atoms with E-state index in [9.17, 15) is 0 Å². The van der Waals surface area contributed by atoms with E-state index in [4.69, 9.17) is 4.42 Å². The molecule has 3 heteroatoms. The lowest BCUT2D eigenvalue weighted by molar-refractivity contribution is 0.647. The molecule has 0 fully saturated rings. The highest BCUT2D eigenvalue weighted by Gasteiger charge is 2.43. The highest BCUT2D eigenvalue weighted by Crippen LogP contribution is 2.58. The average Bonchev–Trinajstić information content (AvgIpc) is 3.73. The number of hydrogen-bond donors (Lipinski definition) is 0. The monoisotopic (exact) mass is 618 g/mol. The molecule has 2 aliphatic carbocycles. The molecule has 0 amide bonds. The summed E-state index contributed by atoms with van der Waals surface area (Å²) in [6.45, 7) is 4.73. The molecule has 6 aromatic carbocycles. The first kappa shape index (κ1) is 27.3. The van der Waals surface area contributed by atoms with Crippen molar-refractivity contribution >= 4 is 44.7 Å². The Morgan fingerprint density at radius 2 is 1.25 bits per heavy atom. The van der Waals surface area contributed by atoms with Crippen molar-refractivity contribution in [1.82, 2.24) is 0 Å². The van der Waals surface area contributed by atoms with Crippen LogP contribution in [0.5, 0.6) is 0 Å². The van der Waals surface area contributed by atoms with Crippen LogP contribution in [0, 0.1) is 0 Å². The predicted octanol–water partition coefficient (Wildman–Crippen LogP) is 12.1. The summed E-state index contributed by atoms with van der Waals surface area (Å²) in [5.41, 5.74) is 15.9. The molecule has 7 aromatic rings. The third kappa shape index (κ3) is 3.88. The van der Waals surface area contributed by atoms with Gasteiger partial charge in [0, 0.05) is 57.0 Å². The molecule has 230 valence electrons. The first-order chi connectivity index (χ1) is 23.6. The Kier molecular flexibility index (Phi) is 5.75. The van der Waals surface area contributed by atoms with Crippen LogP contribution in [0.1, 0.15) is 42.9 Å². The second-order valence-corrected chi connectivity index (χ2v) is 13.8. The predicted molar refractivity (Wildman–Crippen MR) is 198 cm³/mol. The molecule has 10 rings (SSSR count). The first-order valence-electron chi connectivity index (χ1n) is 16.9. The summed E-state index contributed by atoms with van der Waals surface area (Å²) >= 11 is 0. The van der Waals surface area contributed by atoms with Gasteiger partial charge in [-0.3, -0.25) is 0 Å². The van der Waals surface area contributed by atoms with Gasteiger partial charge in [-0.25, -0.2) is 0 Å². The van der Waals surface area contributed by atoms with Crippen LogP contribution in [0.15, 0.2) is 167 Å². The lowest BCUT2D eigenvalue weighted by Gasteiger charge is -2.33. The number of anilines is 4. The van der Waals surface area contributed by atoms with Crippen LogP contribution in [-0.4, -0.2) is 0 Å². The zero-order valence-electron chi connectivity index (χ0n) is 27.0. The number of furan rings is 1. The fourth-order valence-corrected chi connectivity index (χ4v) is 8.46. The number of para-hydroxylation sites is 4. The summed E-state index contributed by atoms with van der Waals surface area (Å²) in [5, 5.41) is 2.36. The van der Waals surface area contributed by atoms with E-state index < -0.39 is 0 Å². The molecule has 2 heterocycles. The molecule has 0 saturated carbocycles. The van der Waals surface area contributed by atoms with Gasteiger partial charge in [0.2, 0.25) is 0 Å². The smallest absolute Gasteiger partial charge is 0.135 e. The largest absolute Gasteiger partial charge is 0.456 e. The maximum atomic E-state index is 6.38. The molecule has 1 atom stereocenters. The van der Waals surface area contributed by atoms with Gasteiger partial charge in [-0.15, -0.1) is 0 Å². The van der Waals surface area contributed by atoms with Crippen LogP contribution in [-0.2, 0) is 5.41 Å². The summed E-state index contributed by atoms with van der Waals surface area (Å²) in [7, 11) is 0. The van der Waals surface area contributed by atoms with Crippen molar-refractivity contribution in [2.75, 3.05) is 9.80 Å². The van der Waals surface area contributed by atoms with E-state index >= 15 is 0 Å². The van der Waals surface area contributed by atoms with Crippen molar-refractivity contribution in [3.8, 4) is 11.1 Å². The van der Waals surface area contributed by atoms with E-state index in [0.29, 0.717) is 0 Å². The van der Waals surface area contributed by atoms with Crippen molar-refractivity contribution in [1.29, 1.82) is 0 Å². The summed E-state index contributed by atoms with van der Waals surface area (Å²) in [6.07, 6.45) is 5.59. The SMILES string of the molecule is CC1(C)c2cc3c(cc2-c2cc4c(cc21)oc1ccccc14)C1CC(N(c2ccccc2)c2ccccc2)=CC=C1N3c1ccccc1. The third-order valence-electron chi connectivity index (χ3n) is 10.7. The Bertz CT molecular complexity index is 2410. The molecule has 0 bridgehead atoms. The second kappa shape index (κ2) is 10.1. The van der Waals surface area contributed by atoms with E-state index in [-0.39, 0.29) is 11.3 Å². The zero-order valence-corrected chi connectivity index (χ0v) is 27.0. The van der Waals surface area contributed by atoms with Crippen LogP contribution in [0.25, 0.3) is 33.1 Å². The molecule has 48 heavy (non-hydrogen) atoms. The van der Waals surface area contributed by atoms with Crippen molar-refractivity contribution in [2.45, 2.75) is 31.6 Å². The van der Waals surface area contributed by atoms with Gasteiger partial charge in [0.15, 0.2) is 0 Å². The number of hydrogen-bond acceptors (Lipinski definition) is 3. The number of rotatable bonds is 4. The average molecular weight is 619 g/mol. The van der Waals surface area contributed by atoms with Crippen LogP contribution < -0.4 is 9.80 Å². The summed E-state index contributed by atoms with van der Waals surface area (Å²) < 4.78 is 6.38. The normalized spacial score (nSPS) is 17.0. The Morgan fingerprint density at radius 3 is 1.98 bits per heavy atom. The Morgan fingerprint density at radius 1 is 0.625 bits per heavy atom.